The zero-order valence-electron chi connectivity index (χ0n) is 10.2. The minimum absolute atomic E-state index is 0.319. The number of hydrogen-bond donors (Lipinski definition) is 2. The van der Waals surface area contributed by atoms with Gasteiger partial charge in [0.05, 0.1) is 0 Å². The summed E-state index contributed by atoms with van der Waals surface area (Å²) in [4.78, 5) is 0. The van der Waals surface area contributed by atoms with Crippen molar-refractivity contribution in [2.24, 2.45) is 11.8 Å². The molecule has 2 N–H and O–H groups in total. The van der Waals surface area contributed by atoms with Gasteiger partial charge in [0.15, 0.2) is 0 Å². The number of nitrogens with one attached hydrogen (secondary N) is 1. The Morgan fingerprint density at radius 1 is 1.21 bits per heavy atom. The molecule has 0 aromatic rings. The van der Waals surface area contributed by atoms with Crippen molar-refractivity contribution in [1.29, 1.82) is 0 Å². The van der Waals surface area contributed by atoms with E-state index in [0.717, 1.165) is 18.9 Å². The van der Waals surface area contributed by atoms with Crippen LogP contribution in [0.2, 0.25) is 0 Å². The first-order chi connectivity index (χ1) is 6.60. The van der Waals surface area contributed by atoms with Gasteiger partial charge in [0.1, 0.15) is 0 Å². The van der Waals surface area contributed by atoms with Crippen molar-refractivity contribution in [1.82, 2.24) is 5.32 Å². The van der Waals surface area contributed by atoms with Crippen LogP contribution in [0.25, 0.3) is 0 Å². The third kappa shape index (κ3) is 7.34. The molecule has 0 aliphatic heterocycles. The van der Waals surface area contributed by atoms with Gasteiger partial charge >= 0.3 is 0 Å². The molecule has 0 heterocycles. The predicted octanol–water partition coefficient (Wildman–Crippen LogP) is 2.42. The van der Waals surface area contributed by atoms with Gasteiger partial charge in [0.2, 0.25) is 0 Å². The summed E-state index contributed by atoms with van der Waals surface area (Å²) in [6.07, 6.45) is 3.32. The zero-order chi connectivity index (χ0) is 11.0. The third-order valence-corrected chi connectivity index (χ3v) is 2.71. The Morgan fingerprint density at radius 2 is 1.86 bits per heavy atom. The predicted molar refractivity (Wildman–Crippen MR) is 62.4 cm³/mol. The van der Waals surface area contributed by atoms with E-state index in [4.69, 9.17) is 5.11 Å². The fourth-order valence-electron chi connectivity index (χ4n) is 1.66. The van der Waals surface area contributed by atoms with Gasteiger partial charge in [-0.05, 0) is 44.6 Å². The fourth-order valence-corrected chi connectivity index (χ4v) is 1.66. The second-order valence-corrected chi connectivity index (χ2v) is 4.73. The maximum atomic E-state index is 8.94. The average molecular weight is 201 g/mol. The summed E-state index contributed by atoms with van der Waals surface area (Å²) in [5.41, 5.74) is 0. The van der Waals surface area contributed by atoms with Gasteiger partial charge in [-0.15, -0.1) is 0 Å². The van der Waals surface area contributed by atoms with Gasteiger partial charge in [-0.1, -0.05) is 20.8 Å². The second kappa shape index (κ2) is 8.25. The molecule has 0 aliphatic carbocycles. The highest BCUT2D eigenvalue weighted by molar-refractivity contribution is 4.67. The maximum absolute atomic E-state index is 8.94. The van der Waals surface area contributed by atoms with E-state index in [2.05, 4.69) is 33.0 Å². The number of aliphatic hydroxyl groups is 1. The molecular weight excluding hydrogens is 174 g/mol. The third-order valence-electron chi connectivity index (χ3n) is 2.71. The Morgan fingerprint density at radius 3 is 2.29 bits per heavy atom. The lowest BCUT2D eigenvalue weighted by Crippen LogP contribution is -2.31. The van der Waals surface area contributed by atoms with E-state index >= 15 is 0 Å². The molecule has 2 atom stereocenters. The van der Waals surface area contributed by atoms with E-state index < -0.39 is 0 Å². The van der Waals surface area contributed by atoms with Gasteiger partial charge in [-0.2, -0.15) is 0 Å². The molecule has 0 radical (unpaired) electrons. The molecule has 0 aliphatic rings. The average Bonchev–Trinajstić information content (AvgIpc) is 2.13. The summed E-state index contributed by atoms with van der Waals surface area (Å²) >= 11 is 0. The maximum Gasteiger partial charge on any atom is 0.0434 e. The first-order valence-corrected chi connectivity index (χ1v) is 5.94. The van der Waals surface area contributed by atoms with Crippen LogP contribution in [0.4, 0.5) is 0 Å². The van der Waals surface area contributed by atoms with Crippen LogP contribution in [0, 0.1) is 11.8 Å². The smallest absolute Gasteiger partial charge is 0.0434 e. The molecule has 0 amide bonds. The van der Waals surface area contributed by atoms with Gasteiger partial charge in [0, 0.05) is 12.6 Å². The van der Waals surface area contributed by atoms with E-state index in [1.807, 2.05) is 0 Å². The van der Waals surface area contributed by atoms with Gasteiger partial charge in [-0.25, -0.2) is 0 Å². The number of hydrogen-bond acceptors (Lipinski definition) is 2. The van der Waals surface area contributed by atoms with Crippen LogP contribution in [0.15, 0.2) is 0 Å². The molecule has 0 spiro atoms. The monoisotopic (exact) mass is 201 g/mol. The minimum Gasteiger partial charge on any atom is -0.396 e. The van der Waals surface area contributed by atoms with Crippen molar-refractivity contribution < 1.29 is 5.11 Å². The minimum atomic E-state index is 0.319. The lowest BCUT2D eigenvalue weighted by atomic mass is 9.94. The molecule has 86 valence electrons. The first kappa shape index (κ1) is 13.9. The first-order valence-electron chi connectivity index (χ1n) is 5.94. The molecule has 0 aromatic heterocycles. The van der Waals surface area contributed by atoms with Crippen molar-refractivity contribution in [2.75, 3.05) is 13.2 Å². The summed E-state index contributed by atoms with van der Waals surface area (Å²) in [6, 6.07) is 0.600. The largest absolute Gasteiger partial charge is 0.396 e. The molecule has 0 fully saturated rings. The summed E-state index contributed by atoms with van der Waals surface area (Å²) < 4.78 is 0. The second-order valence-electron chi connectivity index (χ2n) is 4.73. The molecule has 0 saturated carbocycles. The Kier molecular flexibility index (Phi) is 8.20. The Balaban J connectivity index is 3.72. The van der Waals surface area contributed by atoms with Crippen LogP contribution in [-0.2, 0) is 0 Å². The lowest BCUT2D eigenvalue weighted by Gasteiger charge is -2.21. The topological polar surface area (TPSA) is 32.3 Å². The van der Waals surface area contributed by atoms with Crippen molar-refractivity contribution in [3.63, 3.8) is 0 Å². The highest BCUT2D eigenvalue weighted by Crippen LogP contribution is 2.14. The van der Waals surface area contributed by atoms with Crippen molar-refractivity contribution in [3.8, 4) is 0 Å². The summed E-state index contributed by atoms with van der Waals surface area (Å²) in [6.45, 7) is 10.3. The van der Waals surface area contributed by atoms with E-state index in [1.54, 1.807) is 0 Å². The van der Waals surface area contributed by atoms with Gasteiger partial charge < -0.3 is 10.4 Å². The molecule has 2 nitrogen and oxygen atoms in total. The number of rotatable bonds is 8. The van der Waals surface area contributed by atoms with E-state index in [0.29, 0.717) is 18.6 Å². The summed E-state index contributed by atoms with van der Waals surface area (Å²) in [5.74, 6) is 1.36. The molecule has 2 unspecified atom stereocenters. The van der Waals surface area contributed by atoms with Crippen molar-refractivity contribution >= 4 is 0 Å². The van der Waals surface area contributed by atoms with Crippen molar-refractivity contribution in [2.45, 2.75) is 53.0 Å². The molecule has 2 heteroatoms. The van der Waals surface area contributed by atoms with Gasteiger partial charge in [-0.3, -0.25) is 0 Å². The lowest BCUT2D eigenvalue weighted by molar-refractivity contribution is 0.236. The highest BCUT2D eigenvalue weighted by atomic mass is 16.3. The zero-order valence-corrected chi connectivity index (χ0v) is 10.2. The van der Waals surface area contributed by atoms with Gasteiger partial charge in [0.25, 0.3) is 0 Å². The van der Waals surface area contributed by atoms with Crippen LogP contribution >= 0.6 is 0 Å². The van der Waals surface area contributed by atoms with Crippen LogP contribution in [-0.4, -0.2) is 24.3 Å². The quantitative estimate of drug-likeness (QED) is 0.632. The van der Waals surface area contributed by atoms with Crippen molar-refractivity contribution in [3.05, 3.63) is 0 Å². The summed E-state index contributed by atoms with van der Waals surface area (Å²) in [7, 11) is 0. The summed E-state index contributed by atoms with van der Waals surface area (Å²) in [5, 5.41) is 12.5. The van der Waals surface area contributed by atoms with Crippen LogP contribution < -0.4 is 5.32 Å². The fraction of sp³-hybridized carbons (Fsp3) is 1.00. The van der Waals surface area contributed by atoms with E-state index in [9.17, 15) is 0 Å². The highest BCUT2D eigenvalue weighted by Gasteiger charge is 2.11. The Labute approximate surface area is 89.1 Å². The van der Waals surface area contributed by atoms with E-state index in [1.165, 1.54) is 12.8 Å². The molecule has 14 heavy (non-hydrogen) atoms. The standard InChI is InChI=1S/C12H27NO/c1-5-11(4)13-9-12(6-7-14)8-10(2)3/h10-14H,5-9H2,1-4H3. The Bertz CT molecular complexity index is 125. The number of aliphatic hydroxyl groups excluding tert-OH is 1. The Hall–Kier alpha value is -0.0800. The molecule has 0 aromatic carbocycles. The SMILES string of the molecule is CCC(C)NCC(CCO)CC(C)C. The van der Waals surface area contributed by atoms with E-state index in [-0.39, 0.29) is 0 Å². The normalized spacial score (nSPS) is 15.9. The van der Waals surface area contributed by atoms with Crippen LogP contribution in [0.3, 0.4) is 0 Å². The molecule has 0 rings (SSSR count). The molecule has 0 bridgehead atoms. The van der Waals surface area contributed by atoms with Crippen LogP contribution in [0.1, 0.15) is 47.0 Å². The van der Waals surface area contributed by atoms with Crippen LogP contribution in [0.5, 0.6) is 0 Å². The molecular formula is C12H27NO. The molecule has 0 saturated heterocycles.